The standard InChI is InChI=1S/C29H31N5O3/c1-32(2)21-10-12-23(13-11-21)34-28-26(27(31-34)20-4-3-5-20)24(18-25(30-28)29(35)36)19-6-8-22(9-7-19)33-14-16-37-17-15-33/h6-13,18,20H,3-5,14-17H2,1-2H3,(H,35,36). The predicted octanol–water partition coefficient (Wildman–Crippen LogP) is 4.96. The van der Waals surface area contributed by atoms with Crippen LogP contribution in [-0.4, -0.2) is 66.2 Å². The molecule has 2 aromatic carbocycles. The predicted molar refractivity (Wildman–Crippen MR) is 145 cm³/mol. The molecule has 37 heavy (non-hydrogen) atoms. The first-order valence-corrected chi connectivity index (χ1v) is 12.9. The topological polar surface area (TPSA) is 83.7 Å². The van der Waals surface area contributed by atoms with Gasteiger partial charge in [0.2, 0.25) is 0 Å². The second-order valence-electron chi connectivity index (χ2n) is 10.0. The first kappa shape index (κ1) is 23.5. The highest BCUT2D eigenvalue weighted by Gasteiger charge is 2.29. The summed E-state index contributed by atoms with van der Waals surface area (Å²) in [4.78, 5) is 21.1. The van der Waals surface area contributed by atoms with Gasteiger partial charge >= 0.3 is 5.97 Å². The number of pyridine rings is 1. The van der Waals surface area contributed by atoms with Crippen LogP contribution in [0.5, 0.6) is 0 Å². The monoisotopic (exact) mass is 497 g/mol. The summed E-state index contributed by atoms with van der Waals surface area (Å²) in [7, 11) is 4.01. The number of carboxylic acids is 1. The number of hydrogen-bond donors (Lipinski definition) is 1. The molecule has 3 heterocycles. The molecule has 2 fully saturated rings. The van der Waals surface area contributed by atoms with Crippen molar-refractivity contribution in [3.63, 3.8) is 0 Å². The summed E-state index contributed by atoms with van der Waals surface area (Å²) in [5, 5.41) is 16.0. The maximum atomic E-state index is 12.1. The zero-order valence-electron chi connectivity index (χ0n) is 21.2. The molecule has 1 saturated carbocycles. The average molecular weight is 498 g/mol. The molecule has 2 aromatic heterocycles. The first-order chi connectivity index (χ1) is 18.0. The molecule has 0 bridgehead atoms. The van der Waals surface area contributed by atoms with E-state index in [0.29, 0.717) is 11.6 Å². The zero-order chi connectivity index (χ0) is 25.5. The van der Waals surface area contributed by atoms with E-state index >= 15 is 0 Å². The summed E-state index contributed by atoms with van der Waals surface area (Å²) in [5.41, 5.74) is 6.55. The van der Waals surface area contributed by atoms with E-state index in [0.717, 1.165) is 78.4 Å². The summed E-state index contributed by atoms with van der Waals surface area (Å²) in [6.45, 7) is 3.20. The molecule has 190 valence electrons. The number of carbonyl (C=O) groups is 1. The van der Waals surface area contributed by atoms with Gasteiger partial charge in [-0.15, -0.1) is 0 Å². The molecule has 4 aromatic rings. The van der Waals surface area contributed by atoms with Crippen LogP contribution in [-0.2, 0) is 4.74 Å². The van der Waals surface area contributed by atoms with Crippen molar-refractivity contribution in [2.24, 2.45) is 0 Å². The minimum atomic E-state index is -1.05. The SMILES string of the molecule is CN(C)c1ccc(-n2nc(C3CCC3)c3c(-c4ccc(N5CCOCC5)cc4)cc(C(=O)O)nc32)cc1. The number of aromatic nitrogens is 3. The maximum Gasteiger partial charge on any atom is 0.354 e. The lowest BCUT2D eigenvalue weighted by atomic mass is 9.81. The largest absolute Gasteiger partial charge is 0.477 e. The van der Waals surface area contributed by atoms with Crippen molar-refractivity contribution in [1.29, 1.82) is 0 Å². The van der Waals surface area contributed by atoms with Crippen LogP contribution in [0.4, 0.5) is 11.4 Å². The van der Waals surface area contributed by atoms with Gasteiger partial charge in [-0.1, -0.05) is 18.6 Å². The van der Waals surface area contributed by atoms with Crippen molar-refractivity contribution in [3.05, 3.63) is 66.0 Å². The molecule has 6 rings (SSSR count). The molecule has 8 heteroatoms. The van der Waals surface area contributed by atoms with Gasteiger partial charge in [-0.2, -0.15) is 5.10 Å². The van der Waals surface area contributed by atoms with Crippen LogP contribution in [0.25, 0.3) is 27.8 Å². The number of nitrogens with zero attached hydrogens (tertiary/aromatic N) is 5. The molecule has 1 saturated heterocycles. The molecule has 0 atom stereocenters. The summed E-state index contributed by atoms with van der Waals surface area (Å²) in [6, 6.07) is 18.2. The van der Waals surface area contributed by atoms with Crippen molar-refractivity contribution < 1.29 is 14.6 Å². The fourth-order valence-corrected chi connectivity index (χ4v) is 5.19. The Kier molecular flexibility index (Phi) is 6.04. The van der Waals surface area contributed by atoms with E-state index < -0.39 is 5.97 Å². The van der Waals surface area contributed by atoms with E-state index in [-0.39, 0.29) is 5.69 Å². The highest BCUT2D eigenvalue weighted by molar-refractivity contribution is 6.00. The summed E-state index contributed by atoms with van der Waals surface area (Å²) < 4.78 is 7.31. The van der Waals surface area contributed by atoms with Gasteiger partial charge in [-0.05, 0) is 66.4 Å². The average Bonchev–Trinajstić information content (AvgIpc) is 3.27. The van der Waals surface area contributed by atoms with Gasteiger partial charge in [0.25, 0.3) is 0 Å². The maximum absolute atomic E-state index is 12.1. The zero-order valence-corrected chi connectivity index (χ0v) is 21.2. The number of carboxylic acid groups (broad SMARTS) is 1. The number of rotatable bonds is 6. The molecular formula is C29H31N5O3. The molecule has 2 aliphatic rings. The third kappa shape index (κ3) is 4.31. The van der Waals surface area contributed by atoms with Crippen molar-refractivity contribution in [3.8, 4) is 16.8 Å². The van der Waals surface area contributed by atoms with Gasteiger partial charge in [0, 0.05) is 44.5 Å². The highest BCUT2D eigenvalue weighted by atomic mass is 16.5. The van der Waals surface area contributed by atoms with Gasteiger partial charge in [0.05, 0.1) is 30.0 Å². The number of fused-ring (bicyclic) bond motifs is 1. The number of benzene rings is 2. The number of ether oxygens (including phenoxy) is 1. The van der Waals surface area contributed by atoms with Crippen molar-refractivity contribution in [2.75, 3.05) is 50.2 Å². The Labute approximate surface area is 216 Å². The van der Waals surface area contributed by atoms with E-state index in [1.165, 1.54) is 6.42 Å². The minimum Gasteiger partial charge on any atom is -0.477 e. The Morgan fingerprint density at radius 1 is 1.00 bits per heavy atom. The molecule has 0 radical (unpaired) electrons. The molecule has 0 spiro atoms. The Hall–Kier alpha value is -3.91. The van der Waals surface area contributed by atoms with Crippen LogP contribution in [0.3, 0.4) is 0 Å². The fourth-order valence-electron chi connectivity index (χ4n) is 5.19. The molecule has 0 amide bonds. The third-order valence-electron chi connectivity index (χ3n) is 7.54. The molecule has 1 aliphatic heterocycles. The summed E-state index contributed by atoms with van der Waals surface area (Å²) in [6.07, 6.45) is 3.35. The highest BCUT2D eigenvalue weighted by Crippen LogP contribution is 2.43. The van der Waals surface area contributed by atoms with Crippen molar-refractivity contribution in [2.45, 2.75) is 25.2 Å². The minimum absolute atomic E-state index is 0.0194. The van der Waals surface area contributed by atoms with Gasteiger partial charge in [0.1, 0.15) is 0 Å². The van der Waals surface area contributed by atoms with Gasteiger partial charge in [-0.3, -0.25) is 0 Å². The smallest absolute Gasteiger partial charge is 0.354 e. The second kappa shape index (κ2) is 9.52. The molecule has 1 aliphatic carbocycles. The van der Waals surface area contributed by atoms with Crippen LogP contribution in [0, 0.1) is 0 Å². The van der Waals surface area contributed by atoms with Crippen molar-refractivity contribution in [1.82, 2.24) is 14.8 Å². The Bertz CT molecular complexity index is 1430. The van der Waals surface area contributed by atoms with Crippen LogP contribution in [0.15, 0.2) is 54.6 Å². The molecule has 8 nitrogen and oxygen atoms in total. The lowest BCUT2D eigenvalue weighted by Gasteiger charge is -2.29. The molecule has 1 N–H and O–H groups in total. The van der Waals surface area contributed by atoms with E-state index in [9.17, 15) is 9.90 Å². The van der Waals surface area contributed by atoms with Crippen LogP contribution < -0.4 is 9.80 Å². The Morgan fingerprint density at radius 2 is 1.68 bits per heavy atom. The lowest BCUT2D eigenvalue weighted by Crippen LogP contribution is -2.36. The third-order valence-corrected chi connectivity index (χ3v) is 7.54. The quantitative estimate of drug-likeness (QED) is 0.403. The molecular weight excluding hydrogens is 466 g/mol. The normalized spacial score (nSPS) is 16.1. The summed E-state index contributed by atoms with van der Waals surface area (Å²) in [5.74, 6) is -0.692. The first-order valence-electron chi connectivity index (χ1n) is 12.9. The fraction of sp³-hybridized carbons (Fsp3) is 0.345. The summed E-state index contributed by atoms with van der Waals surface area (Å²) >= 11 is 0. The molecule has 0 unspecified atom stereocenters. The van der Waals surface area contributed by atoms with E-state index in [2.05, 4.69) is 34.1 Å². The van der Waals surface area contributed by atoms with E-state index in [1.54, 1.807) is 6.07 Å². The van der Waals surface area contributed by atoms with Crippen molar-refractivity contribution >= 4 is 28.4 Å². The van der Waals surface area contributed by atoms with E-state index in [1.807, 2.05) is 47.9 Å². The number of anilines is 2. The van der Waals surface area contributed by atoms with E-state index in [4.69, 9.17) is 9.84 Å². The van der Waals surface area contributed by atoms with Gasteiger partial charge < -0.3 is 19.6 Å². The number of aromatic carboxylic acids is 1. The van der Waals surface area contributed by atoms with Gasteiger partial charge in [-0.25, -0.2) is 14.5 Å². The number of hydrogen-bond acceptors (Lipinski definition) is 6. The lowest BCUT2D eigenvalue weighted by molar-refractivity contribution is 0.0691. The Balaban J connectivity index is 1.52. The van der Waals surface area contributed by atoms with Crippen LogP contribution in [0.2, 0.25) is 0 Å². The van der Waals surface area contributed by atoms with Crippen LogP contribution >= 0.6 is 0 Å². The van der Waals surface area contributed by atoms with Gasteiger partial charge in [0.15, 0.2) is 11.3 Å². The second-order valence-corrected chi connectivity index (χ2v) is 10.0. The number of morpholine rings is 1. The van der Waals surface area contributed by atoms with Crippen LogP contribution in [0.1, 0.15) is 41.4 Å². The Morgan fingerprint density at radius 3 is 2.27 bits per heavy atom.